The van der Waals surface area contributed by atoms with Crippen molar-refractivity contribution in [3.8, 4) is 5.75 Å². The Bertz CT molecular complexity index is 445. The molecule has 1 aliphatic carbocycles. The monoisotopic (exact) mass is 261 g/mol. The maximum Gasteiger partial charge on any atom is 0.124 e. The summed E-state index contributed by atoms with van der Waals surface area (Å²) in [6.45, 7) is 6.55. The van der Waals surface area contributed by atoms with Crippen molar-refractivity contribution in [1.29, 1.82) is 0 Å². The number of hydrogen-bond donors (Lipinski definition) is 1. The number of nitrogens with two attached hydrogens (primary N) is 1. The molecule has 0 aromatic heterocycles. The molecule has 0 atom stereocenters. The molecule has 2 nitrogen and oxygen atoms in total. The number of ether oxygens (including phenoxy) is 1. The Kier molecular flexibility index (Phi) is 4.19. The highest BCUT2D eigenvalue weighted by molar-refractivity contribution is 5.47. The van der Waals surface area contributed by atoms with Crippen LogP contribution in [0, 0.1) is 19.8 Å². The highest BCUT2D eigenvalue weighted by atomic mass is 16.5. The van der Waals surface area contributed by atoms with Crippen LogP contribution in [0.25, 0.3) is 0 Å². The van der Waals surface area contributed by atoms with E-state index < -0.39 is 0 Å². The number of benzene rings is 1. The molecule has 0 heterocycles. The summed E-state index contributed by atoms with van der Waals surface area (Å²) < 4.78 is 5.60. The van der Waals surface area contributed by atoms with E-state index in [0.29, 0.717) is 0 Å². The molecule has 1 saturated carbocycles. The molecule has 106 valence electrons. The molecule has 1 fully saturated rings. The number of hydrogen-bond acceptors (Lipinski definition) is 2. The van der Waals surface area contributed by atoms with Crippen LogP contribution in [0.4, 0.5) is 0 Å². The van der Waals surface area contributed by atoms with Crippen molar-refractivity contribution in [3.63, 3.8) is 0 Å². The quantitative estimate of drug-likeness (QED) is 0.890. The predicted molar refractivity (Wildman–Crippen MR) is 80.6 cm³/mol. The van der Waals surface area contributed by atoms with Crippen LogP contribution >= 0.6 is 0 Å². The molecule has 19 heavy (non-hydrogen) atoms. The Morgan fingerprint density at radius 3 is 2.42 bits per heavy atom. The lowest BCUT2D eigenvalue weighted by Crippen LogP contribution is -2.41. The van der Waals surface area contributed by atoms with Crippen LogP contribution in [0.5, 0.6) is 5.75 Å². The summed E-state index contributed by atoms with van der Waals surface area (Å²) in [5.74, 6) is 1.82. The molecule has 2 rings (SSSR count). The van der Waals surface area contributed by atoms with Gasteiger partial charge in [0.25, 0.3) is 0 Å². The van der Waals surface area contributed by atoms with Crippen LogP contribution in [0.2, 0.25) is 0 Å². The molecule has 0 saturated heterocycles. The van der Waals surface area contributed by atoms with E-state index in [-0.39, 0.29) is 5.54 Å². The highest BCUT2D eigenvalue weighted by Gasteiger charge is 2.36. The Morgan fingerprint density at radius 2 is 1.89 bits per heavy atom. The van der Waals surface area contributed by atoms with Gasteiger partial charge in [-0.15, -0.1) is 0 Å². The van der Waals surface area contributed by atoms with Crippen molar-refractivity contribution in [1.82, 2.24) is 0 Å². The van der Waals surface area contributed by atoms with Gasteiger partial charge in [0.1, 0.15) is 5.75 Å². The highest BCUT2D eigenvalue weighted by Crippen LogP contribution is 2.43. The Labute approximate surface area is 117 Å². The summed E-state index contributed by atoms with van der Waals surface area (Å²) >= 11 is 0. The van der Waals surface area contributed by atoms with Gasteiger partial charge < -0.3 is 10.5 Å². The molecule has 0 aliphatic heterocycles. The largest absolute Gasteiger partial charge is 0.496 e. The first-order chi connectivity index (χ1) is 9.00. The predicted octanol–water partition coefficient (Wildman–Crippen LogP) is 4.07. The van der Waals surface area contributed by atoms with Gasteiger partial charge in [-0.1, -0.05) is 19.4 Å². The molecule has 0 unspecified atom stereocenters. The van der Waals surface area contributed by atoms with Crippen molar-refractivity contribution >= 4 is 0 Å². The van der Waals surface area contributed by atoms with Crippen molar-refractivity contribution in [3.05, 3.63) is 28.8 Å². The lowest BCUT2D eigenvalue weighted by Gasteiger charge is -2.39. The summed E-state index contributed by atoms with van der Waals surface area (Å²) in [6, 6.07) is 4.33. The Morgan fingerprint density at radius 1 is 1.26 bits per heavy atom. The third-order valence-electron chi connectivity index (χ3n) is 4.74. The summed E-state index contributed by atoms with van der Waals surface area (Å²) in [5, 5.41) is 0. The summed E-state index contributed by atoms with van der Waals surface area (Å²) in [6.07, 6.45) is 5.91. The Hall–Kier alpha value is -1.02. The fraction of sp³-hybridized carbons (Fsp3) is 0.647. The van der Waals surface area contributed by atoms with Gasteiger partial charge in [-0.3, -0.25) is 0 Å². The number of methoxy groups -OCH3 is 1. The maximum atomic E-state index is 6.74. The van der Waals surface area contributed by atoms with E-state index >= 15 is 0 Å². The summed E-state index contributed by atoms with van der Waals surface area (Å²) in [5.41, 5.74) is 10.3. The first kappa shape index (κ1) is 14.4. The minimum atomic E-state index is -0.200. The van der Waals surface area contributed by atoms with Gasteiger partial charge in [-0.05, 0) is 62.6 Å². The topological polar surface area (TPSA) is 35.2 Å². The molecule has 0 spiro atoms. The fourth-order valence-electron chi connectivity index (χ4n) is 3.58. The summed E-state index contributed by atoms with van der Waals surface area (Å²) in [7, 11) is 1.75. The minimum Gasteiger partial charge on any atom is -0.496 e. The molecular formula is C17H27NO. The van der Waals surface area contributed by atoms with Crippen molar-refractivity contribution in [2.45, 2.75) is 58.4 Å². The SMILES string of the molecule is CCC1CCC(N)(c2c(C)cc(C)cc2OC)CC1. The summed E-state index contributed by atoms with van der Waals surface area (Å²) in [4.78, 5) is 0. The van der Waals surface area contributed by atoms with Gasteiger partial charge in [0.15, 0.2) is 0 Å². The van der Waals surface area contributed by atoms with Gasteiger partial charge in [-0.25, -0.2) is 0 Å². The van der Waals surface area contributed by atoms with Crippen LogP contribution in [0.3, 0.4) is 0 Å². The van der Waals surface area contributed by atoms with Gasteiger partial charge in [-0.2, -0.15) is 0 Å². The maximum absolute atomic E-state index is 6.74. The van der Waals surface area contributed by atoms with E-state index in [1.54, 1.807) is 7.11 Å². The molecule has 2 N–H and O–H groups in total. The van der Waals surface area contributed by atoms with E-state index in [9.17, 15) is 0 Å². The standard InChI is InChI=1S/C17H27NO/c1-5-14-6-8-17(18,9-7-14)16-13(3)10-12(2)11-15(16)19-4/h10-11,14H,5-9,18H2,1-4H3. The number of aryl methyl sites for hydroxylation is 2. The van der Waals surface area contributed by atoms with E-state index in [4.69, 9.17) is 10.5 Å². The normalized spacial score (nSPS) is 27.3. The number of rotatable bonds is 3. The molecule has 2 heteroatoms. The Balaban J connectivity index is 2.36. The van der Waals surface area contributed by atoms with Crippen LogP contribution < -0.4 is 10.5 Å². The zero-order valence-electron chi connectivity index (χ0n) is 12.8. The molecule has 0 amide bonds. The minimum absolute atomic E-state index is 0.200. The second-order valence-electron chi connectivity index (χ2n) is 6.17. The lowest BCUT2D eigenvalue weighted by atomic mass is 9.71. The van der Waals surface area contributed by atoms with Gasteiger partial charge >= 0.3 is 0 Å². The second kappa shape index (κ2) is 5.54. The van der Waals surface area contributed by atoms with E-state index in [1.807, 2.05) is 0 Å². The van der Waals surface area contributed by atoms with E-state index in [0.717, 1.165) is 24.5 Å². The first-order valence-electron chi connectivity index (χ1n) is 7.44. The van der Waals surface area contributed by atoms with Crippen LogP contribution in [0.15, 0.2) is 12.1 Å². The van der Waals surface area contributed by atoms with E-state index in [2.05, 4.69) is 32.9 Å². The fourth-order valence-corrected chi connectivity index (χ4v) is 3.58. The first-order valence-corrected chi connectivity index (χ1v) is 7.44. The van der Waals surface area contributed by atoms with Crippen LogP contribution in [-0.4, -0.2) is 7.11 Å². The molecule has 1 aromatic carbocycles. The van der Waals surface area contributed by atoms with Gasteiger partial charge in [0.2, 0.25) is 0 Å². The second-order valence-corrected chi connectivity index (χ2v) is 6.17. The van der Waals surface area contributed by atoms with Crippen molar-refractivity contribution < 1.29 is 4.74 Å². The lowest BCUT2D eigenvalue weighted by molar-refractivity contribution is 0.225. The third-order valence-corrected chi connectivity index (χ3v) is 4.74. The zero-order valence-corrected chi connectivity index (χ0v) is 12.8. The van der Waals surface area contributed by atoms with Gasteiger partial charge in [0, 0.05) is 11.1 Å². The van der Waals surface area contributed by atoms with E-state index in [1.165, 1.54) is 36.0 Å². The van der Waals surface area contributed by atoms with Crippen LogP contribution in [-0.2, 0) is 5.54 Å². The van der Waals surface area contributed by atoms with Crippen LogP contribution in [0.1, 0.15) is 55.7 Å². The molecule has 1 aromatic rings. The third kappa shape index (κ3) is 2.79. The molecule has 0 radical (unpaired) electrons. The average Bonchev–Trinajstić information content (AvgIpc) is 2.38. The zero-order chi connectivity index (χ0) is 14.0. The van der Waals surface area contributed by atoms with Gasteiger partial charge in [0.05, 0.1) is 7.11 Å². The molecular weight excluding hydrogens is 234 g/mol. The van der Waals surface area contributed by atoms with Crippen molar-refractivity contribution in [2.24, 2.45) is 11.7 Å². The average molecular weight is 261 g/mol. The van der Waals surface area contributed by atoms with Crippen molar-refractivity contribution in [2.75, 3.05) is 7.11 Å². The molecule has 0 bridgehead atoms. The smallest absolute Gasteiger partial charge is 0.124 e. The molecule has 1 aliphatic rings.